The fraction of sp³-hybridized carbons (Fsp3) is 0.308. The number of primary amides is 1. The van der Waals surface area contributed by atoms with Gasteiger partial charge in [0, 0.05) is 0 Å². The van der Waals surface area contributed by atoms with E-state index in [4.69, 9.17) is 10.5 Å². The van der Waals surface area contributed by atoms with Gasteiger partial charge in [-0.25, -0.2) is 4.68 Å². The average Bonchev–Trinajstić information content (AvgIpc) is 2.46. The summed E-state index contributed by atoms with van der Waals surface area (Å²) in [6, 6.07) is 6.79. The van der Waals surface area contributed by atoms with Crippen molar-refractivity contribution in [1.82, 2.24) is 15.0 Å². The van der Waals surface area contributed by atoms with Crippen molar-refractivity contribution in [2.75, 3.05) is 0 Å². The number of nitrogens with zero attached hydrogens (tertiary/aromatic N) is 3. The van der Waals surface area contributed by atoms with Crippen molar-refractivity contribution in [3.8, 4) is 0 Å². The Morgan fingerprint density at radius 1 is 1.38 bits per heavy atom. The van der Waals surface area contributed by atoms with Crippen molar-refractivity contribution in [2.24, 2.45) is 5.73 Å². The molecule has 0 aliphatic heterocycles. The number of amides is 1. The lowest BCUT2D eigenvalue weighted by Gasteiger charge is -2.09. The maximum Gasteiger partial charge on any atom is 0.308 e. The van der Waals surface area contributed by atoms with Gasteiger partial charge in [0.25, 0.3) is 11.5 Å². The van der Waals surface area contributed by atoms with Crippen LogP contribution in [0.1, 0.15) is 13.3 Å². The predicted octanol–water partition coefficient (Wildman–Crippen LogP) is -0.401. The second-order valence-corrected chi connectivity index (χ2v) is 4.42. The molecular weight excluding hydrogens is 276 g/mol. The Labute approximate surface area is 119 Å². The molecule has 1 aromatic heterocycles. The van der Waals surface area contributed by atoms with Crippen LogP contribution in [-0.4, -0.2) is 33.0 Å². The summed E-state index contributed by atoms with van der Waals surface area (Å²) in [7, 11) is 0. The molecule has 110 valence electrons. The van der Waals surface area contributed by atoms with Crippen LogP contribution in [0.5, 0.6) is 0 Å². The van der Waals surface area contributed by atoms with Crippen LogP contribution in [0.3, 0.4) is 0 Å². The van der Waals surface area contributed by atoms with Gasteiger partial charge in [0.15, 0.2) is 6.10 Å². The number of rotatable bonds is 5. The molecule has 2 aromatic rings. The molecule has 0 aliphatic carbocycles. The van der Waals surface area contributed by atoms with Crippen LogP contribution in [0.4, 0.5) is 0 Å². The Kier molecular flexibility index (Phi) is 4.27. The second-order valence-electron chi connectivity index (χ2n) is 4.42. The van der Waals surface area contributed by atoms with Crippen LogP contribution < -0.4 is 11.3 Å². The van der Waals surface area contributed by atoms with Crippen molar-refractivity contribution in [3.63, 3.8) is 0 Å². The lowest BCUT2D eigenvalue weighted by Crippen LogP contribution is -2.31. The zero-order valence-electron chi connectivity index (χ0n) is 11.4. The smallest absolute Gasteiger partial charge is 0.308 e. The topological polar surface area (TPSA) is 117 Å². The van der Waals surface area contributed by atoms with Crippen molar-refractivity contribution in [3.05, 3.63) is 34.6 Å². The number of carbonyl (C=O) groups excluding carboxylic acids is 2. The lowest BCUT2D eigenvalue weighted by atomic mass is 10.2. The van der Waals surface area contributed by atoms with Crippen LogP contribution in [0, 0.1) is 0 Å². The third-order valence-electron chi connectivity index (χ3n) is 2.87. The number of hydrogen-bond donors (Lipinski definition) is 1. The highest BCUT2D eigenvalue weighted by atomic mass is 16.5. The monoisotopic (exact) mass is 290 g/mol. The summed E-state index contributed by atoms with van der Waals surface area (Å²) in [6.07, 6.45) is -1.11. The molecule has 2 N–H and O–H groups in total. The standard InChI is InChI=1S/C13H14N4O4/c1-8(12(14)19)21-11(18)6-7-17-13(20)9-4-2-3-5-10(9)15-16-17/h2-5,8H,6-7H2,1H3,(H2,14,19). The van der Waals surface area contributed by atoms with Crippen molar-refractivity contribution < 1.29 is 14.3 Å². The maximum absolute atomic E-state index is 12.1. The first-order valence-electron chi connectivity index (χ1n) is 6.30. The van der Waals surface area contributed by atoms with Gasteiger partial charge in [-0.15, -0.1) is 5.10 Å². The Bertz CT molecular complexity index is 740. The van der Waals surface area contributed by atoms with Gasteiger partial charge in [0.2, 0.25) is 0 Å². The first-order valence-corrected chi connectivity index (χ1v) is 6.30. The summed E-state index contributed by atoms with van der Waals surface area (Å²) < 4.78 is 5.87. The number of fused-ring (bicyclic) bond motifs is 1. The molecule has 0 aliphatic rings. The van der Waals surface area contributed by atoms with Crippen LogP contribution in [0.15, 0.2) is 29.1 Å². The molecule has 1 atom stereocenters. The quantitative estimate of drug-likeness (QED) is 0.749. The fourth-order valence-electron chi connectivity index (χ4n) is 1.68. The zero-order valence-corrected chi connectivity index (χ0v) is 11.4. The molecule has 0 saturated heterocycles. The van der Waals surface area contributed by atoms with Crippen LogP contribution in [-0.2, 0) is 20.9 Å². The van der Waals surface area contributed by atoms with Gasteiger partial charge >= 0.3 is 5.97 Å². The fourth-order valence-corrected chi connectivity index (χ4v) is 1.68. The second kappa shape index (κ2) is 6.12. The SMILES string of the molecule is CC(OC(=O)CCn1nnc2ccccc2c1=O)C(N)=O. The van der Waals surface area contributed by atoms with E-state index in [9.17, 15) is 14.4 Å². The summed E-state index contributed by atoms with van der Waals surface area (Å²) in [5.41, 5.74) is 5.14. The normalized spacial score (nSPS) is 12.0. The Hall–Kier alpha value is -2.77. The van der Waals surface area contributed by atoms with E-state index in [2.05, 4.69) is 10.3 Å². The number of aromatic nitrogens is 3. The van der Waals surface area contributed by atoms with Crippen molar-refractivity contribution in [2.45, 2.75) is 26.0 Å². The van der Waals surface area contributed by atoms with Crippen LogP contribution >= 0.6 is 0 Å². The van der Waals surface area contributed by atoms with Gasteiger partial charge in [-0.3, -0.25) is 14.4 Å². The largest absolute Gasteiger partial charge is 0.453 e. The number of esters is 1. The Balaban J connectivity index is 2.07. The van der Waals surface area contributed by atoms with Crippen LogP contribution in [0.25, 0.3) is 10.9 Å². The molecule has 8 heteroatoms. The molecular formula is C13H14N4O4. The Morgan fingerprint density at radius 2 is 2.10 bits per heavy atom. The summed E-state index contributed by atoms with van der Waals surface area (Å²) in [5, 5.41) is 8.07. The van der Waals surface area contributed by atoms with Crippen molar-refractivity contribution >= 4 is 22.8 Å². The molecule has 0 bridgehead atoms. The van der Waals surface area contributed by atoms with Gasteiger partial charge in [0.05, 0.1) is 18.4 Å². The van der Waals surface area contributed by atoms with Gasteiger partial charge < -0.3 is 10.5 Å². The number of carbonyl (C=O) groups is 2. The molecule has 1 heterocycles. The lowest BCUT2D eigenvalue weighted by molar-refractivity contribution is -0.154. The summed E-state index contributed by atoms with van der Waals surface area (Å²) in [6.45, 7) is 1.39. The predicted molar refractivity (Wildman–Crippen MR) is 73.2 cm³/mol. The molecule has 21 heavy (non-hydrogen) atoms. The average molecular weight is 290 g/mol. The molecule has 0 radical (unpaired) electrons. The first kappa shape index (κ1) is 14.6. The summed E-state index contributed by atoms with van der Waals surface area (Å²) in [5.74, 6) is -1.37. The molecule has 1 unspecified atom stereocenters. The number of ether oxygens (including phenoxy) is 1. The van der Waals surface area contributed by atoms with E-state index in [-0.39, 0.29) is 18.5 Å². The highest BCUT2D eigenvalue weighted by molar-refractivity contribution is 5.81. The molecule has 1 aromatic carbocycles. The van der Waals surface area contributed by atoms with Crippen LogP contribution in [0.2, 0.25) is 0 Å². The van der Waals surface area contributed by atoms with Gasteiger partial charge in [-0.05, 0) is 19.1 Å². The minimum atomic E-state index is -1.00. The Morgan fingerprint density at radius 3 is 2.81 bits per heavy atom. The van der Waals surface area contributed by atoms with Crippen molar-refractivity contribution in [1.29, 1.82) is 0 Å². The first-order chi connectivity index (χ1) is 9.99. The van der Waals surface area contributed by atoms with E-state index >= 15 is 0 Å². The molecule has 0 spiro atoms. The van der Waals surface area contributed by atoms with Gasteiger partial charge in [0.1, 0.15) is 5.52 Å². The highest BCUT2D eigenvalue weighted by Crippen LogP contribution is 2.03. The summed E-state index contributed by atoms with van der Waals surface area (Å²) >= 11 is 0. The minimum Gasteiger partial charge on any atom is -0.453 e. The number of nitrogens with two attached hydrogens (primary N) is 1. The molecule has 2 rings (SSSR count). The molecule has 0 fully saturated rings. The molecule has 0 saturated carbocycles. The van der Waals surface area contributed by atoms with E-state index in [1.54, 1.807) is 24.3 Å². The number of aryl methyl sites for hydroxylation is 1. The minimum absolute atomic E-state index is 0.0149. The summed E-state index contributed by atoms with van der Waals surface area (Å²) in [4.78, 5) is 34.4. The third kappa shape index (κ3) is 3.41. The van der Waals surface area contributed by atoms with Gasteiger partial charge in [-0.1, -0.05) is 17.3 Å². The highest BCUT2D eigenvalue weighted by Gasteiger charge is 2.15. The van der Waals surface area contributed by atoms with E-state index in [1.807, 2.05) is 0 Å². The van der Waals surface area contributed by atoms with E-state index in [1.165, 1.54) is 6.92 Å². The molecule has 1 amide bonds. The van der Waals surface area contributed by atoms with Gasteiger partial charge in [-0.2, -0.15) is 0 Å². The number of hydrogen-bond acceptors (Lipinski definition) is 6. The van der Waals surface area contributed by atoms with E-state index in [0.29, 0.717) is 10.9 Å². The number of benzene rings is 1. The zero-order chi connectivity index (χ0) is 15.4. The molecule has 8 nitrogen and oxygen atoms in total. The van der Waals surface area contributed by atoms with E-state index in [0.717, 1.165) is 4.68 Å². The maximum atomic E-state index is 12.1. The van der Waals surface area contributed by atoms with E-state index < -0.39 is 18.0 Å². The third-order valence-corrected chi connectivity index (χ3v) is 2.87.